The van der Waals surface area contributed by atoms with Crippen molar-refractivity contribution in [2.75, 3.05) is 18.8 Å². The number of hydrogen-bond acceptors (Lipinski definition) is 4. The Hall–Kier alpha value is -0.370. The number of carbonyl (C=O) groups excluding carboxylic acids is 1. The number of nitrogens with two attached hydrogens (primary N) is 1. The highest BCUT2D eigenvalue weighted by Gasteiger charge is 2.31. The van der Waals surface area contributed by atoms with Gasteiger partial charge in [0.05, 0.1) is 5.75 Å². The fourth-order valence-corrected chi connectivity index (χ4v) is 4.78. The molecule has 6 nitrogen and oxygen atoms in total. The maximum atomic E-state index is 12.1. The second kappa shape index (κ2) is 8.47. The van der Waals surface area contributed by atoms with E-state index in [1.165, 1.54) is 0 Å². The molecule has 0 radical (unpaired) electrons. The molecular weight excluding hydrogens is 326 g/mol. The lowest BCUT2D eigenvalue weighted by Gasteiger charge is -2.32. The molecule has 2 fully saturated rings. The van der Waals surface area contributed by atoms with Gasteiger partial charge >= 0.3 is 0 Å². The summed E-state index contributed by atoms with van der Waals surface area (Å²) in [5.74, 6) is 0.351. The number of amides is 1. The quantitative estimate of drug-likeness (QED) is 0.766. The molecule has 22 heavy (non-hydrogen) atoms. The Morgan fingerprint density at radius 1 is 1.23 bits per heavy atom. The van der Waals surface area contributed by atoms with Crippen LogP contribution in [0.2, 0.25) is 0 Å². The Balaban J connectivity index is 0.00000242. The molecule has 2 atom stereocenters. The number of nitrogens with one attached hydrogen (secondary N) is 1. The zero-order chi connectivity index (χ0) is 15.5. The summed E-state index contributed by atoms with van der Waals surface area (Å²) in [6, 6.07) is 0.254. The van der Waals surface area contributed by atoms with Gasteiger partial charge < -0.3 is 11.1 Å². The first-order valence-corrected chi connectivity index (χ1v) is 9.57. The molecule has 2 rings (SSSR count). The average Bonchev–Trinajstić information content (AvgIpc) is 2.86. The summed E-state index contributed by atoms with van der Waals surface area (Å²) in [4.78, 5) is 12.1. The van der Waals surface area contributed by atoms with Crippen LogP contribution in [0.4, 0.5) is 0 Å². The van der Waals surface area contributed by atoms with Crippen LogP contribution in [0.5, 0.6) is 0 Å². The van der Waals surface area contributed by atoms with Crippen LogP contribution in [0.1, 0.15) is 45.4 Å². The summed E-state index contributed by atoms with van der Waals surface area (Å²) < 4.78 is 25.5. The molecule has 130 valence electrons. The number of halogens is 1. The maximum absolute atomic E-state index is 12.1. The highest BCUT2D eigenvalue weighted by atomic mass is 35.5. The second-order valence-corrected chi connectivity index (χ2v) is 8.36. The molecule has 0 aromatic rings. The third-order valence-corrected chi connectivity index (χ3v) is 6.58. The predicted molar refractivity (Wildman–Crippen MR) is 89.4 cm³/mol. The monoisotopic (exact) mass is 353 g/mol. The third kappa shape index (κ3) is 5.08. The fourth-order valence-electron chi connectivity index (χ4n) is 3.24. The van der Waals surface area contributed by atoms with Crippen LogP contribution < -0.4 is 11.1 Å². The summed E-state index contributed by atoms with van der Waals surface area (Å²) in [5, 5.41) is 3.07. The third-order valence-electron chi connectivity index (χ3n) is 4.50. The molecule has 1 amide bonds. The number of carbonyl (C=O) groups is 1. The van der Waals surface area contributed by atoms with Gasteiger partial charge in [0.15, 0.2) is 0 Å². The first-order valence-electron chi connectivity index (χ1n) is 7.96. The minimum Gasteiger partial charge on any atom is -0.353 e. The lowest BCUT2D eigenvalue weighted by molar-refractivity contribution is -0.125. The van der Waals surface area contributed by atoms with Crippen LogP contribution in [0.15, 0.2) is 0 Å². The summed E-state index contributed by atoms with van der Waals surface area (Å²) in [5.41, 5.74) is 5.84. The molecule has 1 aliphatic heterocycles. The fraction of sp³-hybridized carbons (Fsp3) is 0.929. The Labute approximate surface area is 139 Å². The van der Waals surface area contributed by atoms with Crippen molar-refractivity contribution in [1.82, 2.24) is 9.62 Å². The molecule has 0 aromatic carbocycles. The van der Waals surface area contributed by atoms with Crippen molar-refractivity contribution in [3.05, 3.63) is 0 Å². The average molecular weight is 354 g/mol. The van der Waals surface area contributed by atoms with Crippen LogP contribution >= 0.6 is 12.4 Å². The molecular formula is C14H28ClN3O3S. The standard InChI is InChI=1S/C14H27N3O3S.ClH/c1-2-9-21(19,20)17-7-5-13(6-8-17)16-14(18)11-3-4-12(15)10-11;/h11-13H,2-10,15H2,1H3,(H,16,18);1H. The number of nitrogens with zero attached hydrogens (tertiary/aromatic N) is 1. The maximum Gasteiger partial charge on any atom is 0.223 e. The van der Waals surface area contributed by atoms with Crippen molar-refractivity contribution in [2.45, 2.75) is 57.5 Å². The number of sulfonamides is 1. The zero-order valence-corrected chi connectivity index (χ0v) is 14.8. The van der Waals surface area contributed by atoms with Gasteiger partial charge in [0.2, 0.25) is 15.9 Å². The van der Waals surface area contributed by atoms with E-state index in [2.05, 4.69) is 5.32 Å². The van der Waals surface area contributed by atoms with Crippen molar-refractivity contribution >= 4 is 28.3 Å². The zero-order valence-electron chi connectivity index (χ0n) is 13.2. The number of hydrogen-bond donors (Lipinski definition) is 2. The first kappa shape index (κ1) is 19.7. The molecule has 1 aliphatic carbocycles. The van der Waals surface area contributed by atoms with Crippen molar-refractivity contribution in [3.63, 3.8) is 0 Å². The largest absolute Gasteiger partial charge is 0.353 e. The molecule has 0 bridgehead atoms. The van der Waals surface area contributed by atoms with E-state index in [9.17, 15) is 13.2 Å². The van der Waals surface area contributed by atoms with Gasteiger partial charge in [-0.05, 0) is 38.5 Å². The van der Waals surface area contributed by atoms with E-state index < -0.39 is 10.0 Å². The summed E-state index contributed by atoms with van der Waals surface area (Å²) >= 11 is 0. The van der Waals surface area contributed by atoms with E-state index in [-0.39, 0.29) is 42.1 Å². The summed E-state index contributed by atoms with van der Waals surface area (Å²) in [6.07, 6.45) is 4.61. The van der Waals surface area contributed by atoms with E-state index in [4.69, 9.17) is 5.73 Å². The number of piperidine rings is 1. The molecule has 0 spiro atoms. The smallest absolute Gasteiger partial charge is 0.223 e. The van der Waals surface area contributed by atoms with Gasteiger partial charge in [0, 0.05) is 31.1 Å². The topological polar surface area (TPSA) is 92.5 Å². The second-order valence-electron chi connectivity index (χ2n) is 6.27. The normalized spacial score (nSPS) is 27.4. The van der Waals surface area contributed by atoms with Gasteiger partial charge in [0.25, 0.3) is 0 Å². The molecule has 1 saturated heterocycles. The van der Waals surface area contributed by atoms with Gasteiger partial charge in [-0.1, -0.05) is 6.92 Å². The van der Waals surface area contributed by atoms with Crippen molar-refractivity contribution < 1.29 is 13.2 Å². The molecule has 1 heterocycles. The van der Waals surface area contributed by atoms with Crippen LogP contribution in [-0.4, -0.2) is 49.6 Å². The van der Waals surface area contributed by atoms with Crippen LogP contribution in [0.3, 0.4) is 0 Å². The van der Waals surface area contributed by atoms with Gasteiger partial charge in [-0.3, -0.25) is 4.79 Å². The lowest BCUT2D eigenvalue weighted by Crippen LogP contribution is -2.48. The molecule has 2 aliphatic rings. The van der Waals surface area contributed by atoms with Gasteiger partial charge in [-0.15, -0.1) is 12.4 Å². The van der Waals surface area contributed by atoms with Crippen LogP contribution in [-0.2, 0) is 14.8 Å². The Morgan fingerprint density at radius 2 is 1.86 bits per heavy atom. The minimum absolute atomic E-state index is 0. The van der Waals surface area contributed by atoms with Crippen molar-refractivity contribution in [3.8, 4) is 0 Å². The van der Waals surface area contributed by atoms with Crippen LogP contribution in [0, 0.1) is 5.92 Å². The van der Waals surface area contributed by atoms with E-state index >= 15 is 0 Å². The van der Waals surface area contributed by atoms with Crippen molar-refractivity contribution in [2.24, 2.45) is 11.7 Å². The number of rotatable bonds is 5. The SMILES string of the molecule is CCCS(=O)(=O)N1CCC(NC(=O)C2CCC(N)C2)CC1.Cl. The Bertz CT molecular complexity index is 464. The molecule has 8 heteroatoms. The summed E-state index contributed by atoms with van der Waals surface area (Å²) in [6.45, 7) is 2.89. The minimum atomic E-state index is -3.10. The molecule has 2 unspecified atom stereocenters. The predicted octanol–water partition coefficient (Wildman–Crippen LogP) is 0.856. The van der Waals surface area contributed by atoms with Gasteiger partial charge in [-0.25, -0.2) is 12.7 Å². The Morgan fingerprint density at radius 3 is 2.36 bits per heavy atom. The van der Waals surface area contributed by atoms with E-state index in [1.807, 2.05) is 6.92 Å². The van der Waals surface area contributed by atoms with E-state index in [1.54, 1.807) is 4.31 Å². The summed E-state index contributed by atoms with van der Waals surface area (Å²) in [7, 11) is -3.10. The highest BCUT2D eigenvalue weighted by molar-refractivity contribution is 7.89. The Kier molecular flexibility index (Phi) is 7.58. The van der Waals surface area contributed by atoms with Gasteiger partial charge in [0.1, 0.15) is 0 Å². The highest BCUT2D eigenvalue weighted by Crippen LogP contribution is 2.25. The van der Waals surface area contributed by atoms with E-state index in [0.29, 0.717) is 32.4 Å². The van der Waals surface area contributed by atoms with Crippen LogP contribution in [0.25, 0.3) is 0 Å². The lowest BCUT2D eigenvalue weighted by atomic mass is 10.0. The van der Waals surface area contributed by atoms with E-state index in [0.717, 1.165) is 19.3 Å². The first-order chi connectivity index (χ1) is 9.92. The molecule has 0 aromatic heterocycles. The van der Waals surface area contributed by atoms with Crippen molar-refractivity contribution in [1.29, 1.82) is 0 Å². The molecule has 1 saturated carbocycles. The van der Waals surface area contributed by atoms with Gasteiger partial charge in [-0.2, -0.15) is 0 Å². The molecule has 3 N–H and O–H groups in total.